The van der Waals surface area contributed by atoms with Gasteiger partial charge in [0.2, 0.25) is 0 Å². The predicted molar refractivity (Wildman–Crippen MR) is 119 cm³/mol. The zero-order chi connectivity index (χ0) is 20.1. The van der Waals surface area contributed by atoms with Crippen molar-refractivity contribution >= 4 is 17.5 Å². The summed E-state index contributed by atoms with van der Waals surface area (Å²) < 4.78 is 3.70. The van der Waals surface area contributed by atoms with Crippen molar-refractivity contribution in [2.75, 3.05) is 6.26 Å². The first-order valence-corrected chi connectivity index (χ1v) is 12.1. The second kappa shape index (κ2) is 9.61. The van der Waals surface area contributed by atoms with Crippen molar-refractivity contribution in [1.82, 2.24) is 19.2 Å². The number of aromatic nitrogens is 4. The van der Waals surface area contributed by atoms with E-state index in [1.807, 2.05) is 29.1 Å². The number of hydrogen-bond donors (Lipinski definition) is 0. The van der Waals surface area contributed by atoms with Crippen LogP contribution in [0.1, 0.15) is 68.2 Å². The lowest BCUT2D eigenvalue weighted by Gasteiger charge is -2.13. The van der Waals surface area contributed by atoms with Gasteiger partial charge in [0, 0.05) is 5.56 Å². The molecule has 0 N–H and O–H groups in total. The van der Waals surface area contributed by atoms with Crippen LogP contribution in [0, 0.1) is 0 Å². The molecule has 154 valence electrons. The van der Waals surface area contributed by atoms with Crippen LogP contribution in [-0.2, 0) is 19.4 Å². The molecule has 0 spiro atoms. The van der Waals surface area contributed by atoms with Gasteiger partial charge in [-0.25, -0.2) is 9.67 Å². The zero-order valence-corrected chi connectivity index (χ0v) is 18.1. The van der Waals surface area contributed by atoms with E-state index in [9.17, 15) is 4.79 Å². The van der Waals surface area contributed by atoms with Gasteiger partial charge >= 0.3 is 0 Å². The third-order valence-electron chi connectivity index (χ3n) is 5.83. The lowest BCUT2D eigenvalue weighted by Crippen LogP contribution is -2.27. The Morgan fingerprint density at radius 2 is 1.55 bits per heavy atom. The van der Waals surface area contributed by atoms with E-state index in [2.05, 4.69) is 12.1 Å². The number of aryl methyl sites for hydroxylation is 1. The normalized spacial score (nSPS) is 16.2. The van der Waals surface area contributed by atoms with Gasteiger partial charge in [-0.1, -0.05) is 80.6 Å². The molecule has 0 atom stereocenters. The Labute approximate surface area is 176 Å². The Kier molecular flexibility index (Phi) is 6.70. The molecule has 5 nitrogen and oxygen atoms in total. The molecule has 2 heterocycles. The third-order valence-corrected chi connectivity index (χ3v) is 6.50. The van der Waals surface area contributed by atoms with Gasteiger partial charge in [-0.15, -0.1) is 0 Å². The minimum absolute atomic E-state index is 0.0748. The maximum Gasteiger partial charge on any atom is 0.277 e. The molecular weight excluding hydrogens is 380 g/mol. The molecule has 0 bridgehead atoms. The minimum Gasteiger partial charge on any atom is -0.267 e. The van der Waals surface area contributed by atoms with Crippen molar-refractivity contribution in [3.05, 3.63) is 57.5 Å². The van der Waals surface area contributed by atoms with Gasteiger partial charge in [-0.2, -0.15) is 9.50 Å². The van der Waals surface area contributed by atoms with Crippen LogP contribution in [0.2, 0.25) is 0 Å². The van der Waals surface area contributed by atoms with E-state index in [0.717, 1.165) is 47.7 Å². The van der Waals surface area contributed by atoms with E-state index < -0.39 is 0 Å². The number of hydrogen-bond acceptors (Lipinski definition) is 4. The first kappa shape index (κ1) is 20.2. The van der Waals surface area contributed by atoms with Crippen molar-refractivity contribution < 1.29 is 0 Å². The van der Waals surface area contributed by atoms with Crippen LogP contribution in [0.5, 0.6) is 0 Å². The van der Waals surface area contributed by atoms with E-state index in [4.69, 9.17) is 9.97 Å². The van der Waals surface area contributed by atoms with Gasteiger partial charge < -0.3 is 0 Å². The number of thioether (sulfide) groups is 1. The third kappa shape index (κ3) is 4.58. The molecule has 6 heteroatoms. The summed E-state index contributed by atoms with van der Waals surface area (Å²) in [5, 5.41) is 0.833. The smallest absolute Gasteiger partial charge is 0.267 e. The van der Waals surface area contributed by atoms with Crippen LogP contribution in [-0.4, -0.2) is 25.4 Å². The van der Waals surface area contributed by atoms with Crippen molar-refractivity contribution in [2.45, 2.75) is 75.9 Å². The lowest BCUT2D eigenvalue weighted by atomic mass is 9.99. The number of rotatable bonds is 3. The summed E-state index contributed by atoms with van der Waals surface area (Å²) in [4.78, 5) is 23.2. The Morgan fingerprint density at radius 1 is 0.897 bits per heavy atom. The summed E-state index contributed by atoms with van der Waals surface area (Å²) >= 11 is 1.56. The van der Waals surface area contributed by atoms with Crippen molar-refractivity contribution in [3.8, 4) is 0 Å². The fourth-order valence-corrected chi connectivity index (χ4v) is 4.78. The Morgan fingerprint density at radius 3 is 2.24 bits per heavy atom. The first-order valence-electron chi connectivity index (χ1n) is 10.9. The van der Waals surface area contributed by atoms with Gasteiger partial charge in [-0.05, 0) is 37.5 Å². The Hall–Kier alpha value is -2.08. The van der Waals surface area contributed by atoms with Gasteiger partial charge in [0.25, 0.3) is 11.3 Å². The van der Waals surface area contributed by atoms with Gasteiger partial charge in [-0.3, -0.25) is 4.79 Å². The van der Waals surface area contributed by atoms with Crippen LogP contribution < -0.4 is 5.56 Å². The summed E-state index contributed by atoms with van der Waals surface area (Å²) in [6.07, 6.45) is 13.5. The second-order valence-corrected chi connectivity index (χ2v) is 8.70. The second-order valence-electron chi connectivity index (χ2n) is 7.92. The van der Waals surface area contributed by atoms with Crippen LogP contribution in [0.15, 0.2) is 40.3 Å². The summed E-state index contributed by atoms with van der Waals surface area (Å²) in [6, 6.07) is 10.2. The Bertz CT molecular complexity index is 1010. The van der Waals surface area contributed by atoms with E-state index >= 15 is 0 Å². The standard InChI is InChI=1S/C23H30N4OS/c1-29-23-25-22-24-20-16-12-7-5-3-2-4-6-11-15-19(20)21(28)27(22)26(23)17-18-13-9-8-10-14-18/h8-10,13-14H,2-7,11-12,15-17H2,1H3. The lowest BCUT2D eigenvalue weighted by molar-refractivity contribution is 0.542. The molecule has 0 amide bonds. The maximum atomic E-state index is 13.6. The maximum absolute atomic E-state index is 13.6. The zero-order valence-electron chi connectivity index (χ0n) is 17.3. The highest BCUT2D eigenvalue weighted by Gasteiger charge is 2.19. The molecule has 3 aromatic rings. The van der Waals surface area contributed by atoms with Crippen LogP contribution >= 0.6 is 11.8 Å². The molecule has 4 rings (SSSR count). The fourth-order valence-electron chi connectivity index (χ4n) is 4.26. The fraction of sp³-hybridized carbons (Fsp3) is 0.522. The average molecular weight is 411 g/mol. The molecule has 0 fully saturated rings. The molecule has 0 saturated carbocycles. The summed E-state index contributed by atoms with van der Waals surface area (Å²) in [6.45, 7) is 0.619. The van der Waals surface area contributed by atoms with Crippen LogP contribution in [0.4, 0.5) is 0 Å². The van der Waals surface area contributed by atoms with Crippen LogP contribution in [0.3, 0.4) is 0 Å². The number of benzene rings is 1. The topological polar surface area (TPSA) is 52.2 Å². The quantitative estimate of drug-likeness (QED) is 0.578. The molecule has 0 radical (unpaired) electrons. The molecule has 1 aliphatic carbocycles. The summed E-state index contributed by atoms with van der Waals surface area (Å²) in [7, 11) is 0. The largest absolute Gasteiger partial charge is 0.277 e. The molecular formula is C23H30N4OS. The molecule has 1 aliphatic rings. The minimum atomic E-state index is 0.0748. The molecule has 0 saturated heterocycles. The monoisotopic (exact) mass is 410 g/mol. The molecule has 1 aromatic carbocycles. The van der Waals surface area contributed by atoms with E-state index in [-0.39, 0.29) is 5.56 Å². The molecule has 29 heavy (non-hydrogen) atoms. The van der Waals surface area contributed by atoms with Gasteiger partial charge in [0.15, 0.2) is 5.16 Å². The highest BCUT2D eigenvalue weighted by atomic mass is 32.2. The van der Waals surface area contributed by atoms with Gasteiger partial charge in [0.1, 0.15) is 0 Å². The van der Waals surface area contributed by atoms with Gasteiger partial charge in [0.05, 0.1) is 12.2 Å². The van der Waals surface area contributed by atoms with Crippen molar-refractivity contribution in [1.29, 1.82) is 0 Å². The summed E-state index contributed by atoms with van der Waals surface area (Å²) in [5.74, 6) is 0.543. The van der Waals surface area contributed by atoms with E-state index in [0.29, 0.717) is 12.3 Å². The molecule has 0 aliphatic heterocycles. The summed E-state index contributed by atoms with van der Waals surface area (Å²) in [5.41, 5.74) is 3.12. The van der Waals surface area contributed by atoms with Crippen molar-refractivity contribution in [3.63, 3.8) is 0 Å². The van der Waals surface area contributed by atoms with Crippen molar-refractivity contribution in [2.24, 2.45) is 0 Å². The molecule has 0 unspecified atom stereocenters. The number of fused-ring (bicyclic) bond motifs is 2. The highest BCUT2D eigenvalue weighted by Crippen LogP contribution is 2.20. The average Bonchev–Trinajstić information content (AvgIpc) is 3.08. The first-order chi connectivity index (χ1) is 14.3. The Balaban J connectivity index is 1.78. The predicted octanol–water partition coefficient (Wildman–Crippen LogP) is 4.88. The SMILES string of the molecule is CSc1nc2nc3c(c(=O)n2n1Cc1ccccc1)CCCCCCCCCC3. The van der Waals surface area contributed by atoms with E-state index in [1.54, 1.807) is 16.3 Å². The van der Waals surface area contributed by atoms with Crippen LogP contribution in [0.25, 0.3) is 5.78 Å². The highest BCUT2D eigenvalue weighted by molar-refractivity contribution is 7.98. The number of nitrogens with zero attached hydrogens (tertiary/aromatic N) is 4. The van der Waals surface area contributed by atoms with E-state index in [1.165, 1.54) is 38.5 Å². The molecule has 2 aromatic heterocycles.